The molecule has 4 heterocycles. The molecule has 0 unspecified atom stereocenters. The number of nitrogens with one attached hydrogen (secondary N) is 1. The summed E-state index contributed by atoms with van der Waals surface area (Å²) in [5.41, 5.74) is -0.556. The smallest absolute Gasteiger partial charge is 0.313 e. The number of benzene rings is 1. The van der Waals surface area contributed by atoms with E-state index in [1.165, 1.54) is 4.90 Å². The van der Waals surface area contributed by atoms with Crippen LogP contribution < -0.4 is 5.32 Å². The van der Waals surface area contributed by atoms with Crippen LogP contribution in [0.4, 0.5) is 0 Å². The molecule has 1 aromatic carbocycles. The molecule has 12 heteroatoms. The molecular formula is C38H54N4O8. The normalized spacial score (nSPS) is 27.8. The Morgan fingerprint density at radius 1 is 1.14 bits per heavy atom. The Morgan fingerprint density at radius 3 is 2.50 bits per heavy atom. The molecule has 1 spiro atoms. The summed E-state index contributed by atoms with van der Waals surface area (Å²) in [6.07, 6.45) is 3.56. The monoisotopic (exact) mass is 694 g/mol. The van der Waals surface area contributed by atoms with Gasteiger partial charge in [0.1, 0.15) is 17.7 Å². The van der Waals surface area contributed by atoms with Crippen LogP contribution in [0.2, 0.25) is 0 Å². The fourth-order valence-electron chi connectivity index (χ4n) is 8.26. The van der Waals surface area contributed by atoms with Gasteiger partial charge in [-0.05, 0) is 37.7 Å². The highest BCUT2D eigenvalue weighted by molar-refractivity contribution is 5.98. The Hall–Kier alpha value is -3.58. The lowest BCUT2D eigenvalue weighted by Crippen LogP contribution is -2.60. The molecule has 1 aromatic rings. The summed E-state index contributed by atoms with van der Waals surface area (Å²) in [6.45, 7) is 17.0. The van der Waals surface area contributed by atoms with Crippen molar-refractivity contribution in [1.82, 2.24) is 20.0 Å². The second-order valence-corrected chi connectivity index (χ2v) is 14.3. The van der Waals surface area contributed by atoms with Crippen molar-refractivity contribution in [2.45, 2.75) is 82.4 Å². The van der Waals surface area contributed by atoms with Crippen LogP contribution in [0, 0.1) is 17.8 Å². The quantitative estimate of drug-likeness (QED) is 0.186. The average Bonchev–Trinajstić information content (AvgIpc) is 3.76. The van der Waals surface area contributed by atoms with E-state index < -0.39 is 53.7 Å². The highest BCUT2D eigenvalue weighted by Crippen LogP contribution is 2.59. The molecule has 0 aromatic heterocycles. The summed E-state index contributed by atoms with van der Waals surface area (Å²) in [5.74, 6) is -3.56. The van der Waals surface area contributed by atoms with Crippen molar-refractivity contribution in [1.29, 1.82) is 0 Å². The van der Waals surface area contributed by atoms with Crippen molar-refractivity contribution in [3.8, 4) is 0 Å². The summed E-state index contributed by atoms with van der Waals surface area (Å²) in [4.78, 5) is 61.9. The van der Waals surface area contributed by atoms with Crippen molar-refractivity contribution < 1.29 is 38.5 Å². The lowest BCUT2D eigenvalue weighted by molar-refractivity contribution is -0.163. The zero-order valence-corrected chi connectivity index (χ0v) is 29.7. The van der Waals surface area contributed by atoms with E-state index in [0.29, 0.717) is 51.1 Å². The molecule has 50 heavy (non-hydrogen) atoms. The summed E-state index contributed by atoms with van der Waals surface area (Å²) in [6, 6.07) is 6.93. The zero-order valence-electron chi connectivity index (χ0n) is 29.7. The SMILES string of the molecule is C=CCCC(=O)N[C@@H](C)[C@H](OC(=O)[C@@H]1[C@H]2C(=O)N([C@@H](CO)C(C)C)[C@H](C(=O)N(CC=C)CCN3CCOCC3)[C@]23CC[C@H]1O3)c1ccccc1. The van der Waals surface area contributed by atoms with E-state index in [1.54, 1.807) is 24.0 Å². The average molecular weight is 695 g/mol. The second-order valence-electron chi connectivity index (χ2n) is 14.3. The largest absolute Gasteiger partial charge is 0.455 e. The Kier molecular flexibility index (Phi) is 12.5. The number of hydrogen-bond donors (Lipinski definition) is 2. The minimum absolute atomic E-state index is 0.175. The van der Waals surface area contributed by atoms with Crippen molar-refractivity contribution in [3.05, 3.63) is 61.2 Å². The van der Waals surface area contributed by atoms with Crippen LogP contribution in [0.1, 0.15) is 58.1 Å². The molecule has 12 nitrogen and oxygen atoms in total. The van der Waals surface area contributed by atoms with Gasteiger partial charge in [0, 0.05) is 39.1 Å². The fourth-order valence-corrected chi connectivity index (χ4v) is 8.26. The molecule has 4 aliphatic rings. The number of fused-ring (bicyclic) bond motifs is 1. The number of carbonyl (C=O) groups is 4. The van der Waals surface area contributed by atoms with Crippen molar-refractivity contribution >= 4 is 23.7 Å². The second kappa shape index (κ2) is 16.6. The number of aliphatic hydroxyl groups excluding tert-OH is 1. The maximum Gasteiger partial charge on any atom is 0.313 e. The van der Waals surface area contributed by atoms with Gasteiger partial charge in [0.25, 0.3) is 0 Å². The maximum atomic E-state index is 14.8. The van der Waals surface area contributed by atoms with Gasteiger partial charge in [-0.3, -0.25) is 24.1 Å². The molecule has 0 radical (unpaired) electrons. The van der Waals surface area contributed by atoms with Crippen molar-refractivity contribution in [2.75, 3.05) is 52.5 Å². The molecule has 2 N–H and O–H groups in total. The Bertz CT molecular complexity index is 1380. The first kappa shape index (κ1) is 37.7. The van der Waals surface area contributed by atoms with Gasteiger partial charge in [-0.1, -0.05) is 56.3 Å². The van der Waals surface area contributed by atoms with Crippen LogP contribution in [-0.4, -0.2) is 126 Å². The maximum absolute atomic E-state index is 14.8. The first-order valence-corrected chi connectivity index (χ1v) is 18.0. The third kappa shape index (κ3) is 7.54. The van der Waals surface area contributed by atoms with E-state index in [2.05, 4.69) is 23.4 Å². The number of ether oxygens (including phenoxy) is 3. The predicted molar refractivity (Wildman–Crippen MR) is 187 cm³/mol. The molecule has 274 valence electrons. The summed E-state index contributed by atoms with van der Waals surface area (Å²) >= 11 is 0. The first-order chi connectivity index (χ1) is 24.1. The predicted octanol–water partition coefficient (Wildman–Crippen LogP) is 2.48. The minimum atomic E-state index is -1.25. The number of amides is 3. The van der Waals surface area contributed by atoms with Crippen molar-refractivity contribution in [3.63, 3.8) is 0 Å². The highest BCUT2D eigenvalue weighted by Gasteiger charge is 2.76. The molecule has 0 saturated carbocycles. The topological polar surface area (TPSA) is 138 Å². The number of likely N-dealkylation sites (tertiary alicyclic amines) is 1. The van der Waals surface area contributed by atoms with Gasteiger partial charge in [0.05, 0.1) is 49.8 Å². The van der Waals surface area contributed by atoms with Crippen molar-refractivity contribution in [2.24, 2.45) is 17.8 Å². The summed E-state index contributed by atoms with van der Waals surface area (Å²) < 4.78 is 18.4. The Morgan fingerprint density at radius 2 is 1.86 bits per heavy atom. The molecule has 4 aliphatic heterocycles. The molecule has 4 saturated heterocycles. The fraction of sp³-hybridized carbons (Fsp3) is 0.632. The van der Waals surface area contributed by atoms with Crippen LogP contribution in [0.25, 0.3) is 0 Å². The third-order valence-electron chi connectivity index (χ3n) is 10.8. The minimum Gasteiger partial charge on any atom is -0.455 e. The van der Waals surface area contributed by atoms with Gasteiger partial charge in [-0.15, -0.1) is 13.2 Å². The first-order valence-electron chi connectivity index (χ1n) is 18.0. The molecular weight excluding hydrogens is 640 g/mol. The van der Waals surface area contributed by atoms with E-state index in [1.807, 2.05) is 44.2 Å². The molecule has 0 aliphatic carbocycles. The van der Waals surface area contributed by atoms with E-state index in [9.17, 15) is 24.3 Å². The van der Waals surface area contributed by atoms with Gasteiger partial charge in [0.2, 0.25) is 17.7 Å². The molecule has 2 bridgehead atoms. The van der Waals surface area contributed by atoms with Gasteiger partial charge >= 0.3 is 5.97 Å². The highest BCUT2D eigenvalue weighted by atomic mass is 16.6. The number of allylic oxidation sites excluding steroid dienone is 1. The number of esters is 1. The Labute approximate surface area is 295 Å². The number of rotatable bonds is 17. The number of hydrogen-bond acceptors (Lipinski definition) is 9. The molecule has 5 rings (SSSR count). The van der Waals surface area contributed by atoms with Gasteiger partial charge < -0.3 is 34.4 Å². The van der Waals surface area contributed by atoms with E-state index in [4.69, 9.17) is 14.2 Å². The third-order valence-corrected chi connectivity index (χ3v) is 10.8. The number of morpholine rings is 1. The van der Waals surface area contributed by atoms with Crippen LogP contribution in [0.3, 0.4) is 0 Å². The number of aliphatic hydroxyl groups is 1. The summed E-state index contributed by atoms with van der Waals surface area (Å²) in [5, 5.41) is 13.6. The number of carbonyl (C=O) groups excluding carboxylic acids is 4. The van der Waals surface area contributed by atoms with Gasteiger partial charge in [-0.2, -0.15) is 0 Å². The Balaban J connectivity index is 1.45. The summed E-state index contributed by atoms with van der Waals surface area (Å²) in [7, 11) is 0. The van der Waals surface area contributed by atoms with Crippen LogP contribution in [-0.2, 0) is 33.4 Å². The van der Waals surface area contributed by atoms with E-state index in [-0.39, 0.29) is 43.2 Å². The molecule has 8 atom stereocenters. The lowest BCUT2D eigenvalue weighted by atomic mass is 9.70. The lowest BCUT2D eigenvalue weighted by Gasteiger charge is -2.40. The standard InChI is InChI=1S/C38H54N4O8/c1-6-8-14-30(44)39-26(5)33(27-12-10-9-11-13-27)49-37(47)31-29-15-16-38(50-29)32(31)35(45)42(28(24-43)25(3)4)34(38)36(46)41(17-7-2)19-18-40-20-22-48-23-21-40/h6-7,9-13,25-26,28-29,31-34,43H,1-2,8,14-24H2,3-5H3,(H,39,44)/t26-,28-,29+,31-,32-,33-,34+,38-/m0/s1. The van der Waals surface area contributed by atoms with Gasteiger partial charge in [0.15, 0.2) is 0 Å². The van der Waals surface area contributed by atoms with Gasteiger partial charge in [-0.25, -0.2) is 0 Å². The zero-order chi connectivity index (χ0) is 36.0. The number of nitrogens with zero attached hydrogens (tertiary/aromatic N) is 3. The molecule has 3 amide bonds. The molecule has 4 fully saturated rings. The van der Waals surface area contributed by atoms with E-state index in [0.717, 1.165) is 13.1 Å². The van der Waals surface area contributed by atoms with Crippen LogP contribution in [0.15, 0.2) is 55.6 Å². The van der Waals surface area contributed by atoms with E-state index >= 15 is 0 Å². The van der Waals surface area contributed by atoms with Crippen LogP contribution >= 0.6 is 0 Å². The van der Waals surface area contributed by atoms with Crippen LogP contribution in [0.5, 0.6) is 0 Å².